The molecule has 2 N–H and O–H groups in total. The third-order valence-corrected chi connectivity index (χ3v) is 3.67. The summed E-state index contributed by atoms with van der Waals surface area (Å²) in [6, 6.07) is 6.98. The van der Waals surface area contributed by atoms with Gasteiger partial charge in [0, 0.05) is 30.6 Å². The molecular weight excluding hydrogens is 322 g/mol. The number of amides is 2. The number of H-pyrrole nitrogens is 1. The van der Waals surface area contributed by atoms with Gasteiger partial charge in [0.15, 0.2) is 0 Å². The van der Waals surface area contributed by atoms with E-state index in [1.165, 1.54) is 14.2 Å². The first kappa shape index (κ1) is 18.8. The van der Waals surface area contributed by atoms with Crippen LogP contribution in [0.1, 0.15) is 26.3 Å². The number of alkyl carbamates (subject to hydrolysis) is 1. The molecule has 1 atom stereocenters. The monoisotopic (exact) mass is 347 g/mol. The molecule has 0 aliphatic rings. The van der Waals surface area contributed by atoms with E-state index in [-0.39, 0.29) is 5.91 Å². The van der Waals surface area contributed by atoms with Gasteiger partial charge in [-0.1, -0.05) is 18.2 Å². The van der Waals surface area contributed by atoms with Crippen LogP contribution in [0, 0.1) is 0 Å². The number of para-hydroxylation sites is 1. The lowest BCUT2D eigenvalue weighted by Gasteiger charge is -2.25. The minimum absolute atomic E-state index is 0.315. The summed E-state index contributed by atoms with van der Waals surface area (Å²) in [5.74, 6) is -0.362. The van der Waals surface area contributed by atoms with Crippen LogP contribution in [0.4, 0.5) is 4.79 Å². The zero-order chi connectivity index (χ0) is 18.6. The molecule has 0 saturated carbocycles. The Morgan fingerprint density at radius 1 is 1.28 bits per heavy atom. The largest absolute Gasteiger partial charge is 0.444 e. The Bertz CT molecular complexity index is 748. The Hall–Kier alpha value is -2.54. The lowest BCUT2D eigenvalue weighted by Crippen LogP contribution is -2.49. The number of aromatic nitrogens is 1. The molecule has 25 heavy (non-hydrogen) atoms. The molecule has 1 aromatic heterocycles. The van der Waals surface area contributed by atoms with Crippen LogP contribution in [-0.4, -0.2) is 47.8 Å². The number of nitrogens with one attached hydrogen (secondary N) is 2. The molecule has 0 bridgehead atoms. The summed E-state index contributed by atoms with van der Waals surface area (Å²) in [6.45, 7) is 5.30. The molecule has 0 aliphatic heterocycles. The molecule has 136 valence electrons. The van der Waals surface area contributed by atoms with Crippen LogP contribution in [0.5, 0.6) is 0 Å². The average molecular weight is 347 g/mol. The first-order valence-electron chi connectivity index (χ1n) is 8.07. The van der Waals surface area contributed by atoms with Crippen LogP contribution in [0.15, 0.2) is 30.5 Å². The molecule has 0 unspecified atom stereocenters. The fourth-order valence-electron chi connectivity index (χ4n) is 2.48. The molecule has 0 spiro atoms. The smallest absolute Gasteiger partial charge is 0.408 e. The second-order valence-electron chi connectivity index (χ2n) is 6.78. The summed E-state index contributed by atoms with van der Waals surface area (Å²) >= 11 is 0. The summed E-state index contributed by atoms with van der Waals surface area (Å²) in [5.41, 5.74) is 1.25. The van der Waals surface area contributed by atoms with Crippen LogP contribution < -0.4 is 5.32 Å². The van der Waals surface area contributed by atoms with Gasteiger partial charge < -0.3 is 15.0 Å². The zero-order valence-electron chi connectivity index (χ0n) is 15.3. The molecule has 2 amide bonds. The summed E-state index contributed by atoms with van der Waals surface area (Å²) in [5, 5.41) is 4.75. The van der Waals surface area contributed by atoms with Crippen molar-refractivity contribution in [2.45, 2.75) is 38.8 Å². The van der Waals surface area contributed by atoms with Gasteiger partial charge in [0.25, 0.3) is 5.91 Å². The van der Waals surface area contributed by atoms with E-state index in [4.69, 9.17) is 9.57 Å². The number of aromatic amines is 1. The van der Waals surface area contributed by atoms with Crippen LogP contribution in [-0.2, 0) is 20.8 Å². The van der Waals surface area contributed by atoms with Gasteiger partial charge in [-0.05, 0) is 32.4 Å². The summed E-state index contributed by atoms with van der Waals surface area (Å²) in [6.07, 6.45) is 1.51. The van der Waals surface area contributed by atoms with Crippen molar-refractivity contribution >= 4 is 22.9 Å². The van der Waals surface area contributed by atoms with Crippen LogP contribution in [0.3, 0.4) is 0 Å². The number of nitrogens with zero attached hydrogens (tertiary/aromatic N) is 1. The molecule has 0 fully saturated rings. The highest BCUT2D eigenvalue weighted by Gasteiger charge is 2.28. The fraction of sp³-hybridized carbons (Fsp3) is 0.444. The average Bonchev–Trinajstić information content (AvgIpc) is 2.94. The number of hydrogen-bond acceptors (Lipinski definition) is 4. The molecule has 2 aromatic rings. The van der Waals surface area contributed by atoms with Gasteiger partial charge in [-0.15, -0.1) is 0 Å². The van der Waals surface area contributed by atoms with Gasteiger partial charge in [0.2, 0.25) is 0 Å². The van der Waals surface area contributed by atoms with Crippen LogP contribution in [0.25, 0.3) is 10.9 Å². The lowest BCUT2D eigenvalue weighted by molar-refractivity contribution is -0.171. The van der Waals surface area contributed by atoms with Crippen molar-refractivity contribution < 1.29 is 19.2 Å². The van der Waals surface area contributed by atoms with E-state index < -0.39 is 17.7 Å². The topological polar surface area (TPSA) is 83.7 Å². The normalized spacial score (nSPS) is 12.7. The molecule has 0 aliphatic carbocycles. The summed E-state index contributed by atoms with van der Waals surface area (Å²) < 4.78 is 5.27. The van der Waals surface area contributed by atoms with E-state index in [2.05, 4.69) is 10.3 Å². The Kier molecular flexibility index (Phi) is 5.69. The molecule has 7 heteroatoms. The SMILES string of the molecule is CON(C)C(=O)[C@@H](Cc1c[nH]c2ccccc12)NC(=O)OC(C)(C)C. The van der Waals surface area contributed by atoms with E-state index in [0.717, 1.165) is 21.5 Å². The first-order valence-corrected chi connectivity index (χ1v) is 8.07. The Labute approximate surface area is 147 Å². The number of carbonyl (C=O) groups is 2. The van der Waals surface area contributed by atoms with E-state index in [1.54, 1.807) is 20.8 Å². The van der Waals surface area contributed by atoms with Crippen molar-refractivity contribution in [1.29, 1.82) is 0 Å². The standard InChI is InChI=1S/C18H25N3O4/c1-18(2,3)25-17(23)20-15(16(22)21(4)24-5)10-12-11-19-14-9-7-6-8-13(12)14/h6-9,11,15,19H,10H2,1-5H3,(H,20,23)/t15-/m1/s1. The van der Waals surface area contributed by atoms with Crippen molar-refractivity contribution in [3.8, 4) is 0 Å². The number of hydroxylamine groups is 2. The molecule has 1 heterocycles. The van der Waals surface area contributed by atoms with E-state index >= 15 is 0 Å². The van der Waals surface area contributed by atoms with Gasteiger partial charge in [-0.25, -0.2) is 9.86 Å². The van der Waals surface area contributed by atoms with Crippen molar-refractivity contribution in [2.75, 3.05) is 14.2 Å². The quantitative estimate of drug-likeness (QED) is 0.815. The Morgan fingerprint density at radius 2 is 1.96 bits per heavy atom. The number of benzene rings is 1. The predicted molar refractivity (Wildman–Crippen MR) is 94.9 cm³/mol. The maximum atomic E-state index is 12.6. The van der Waals surface area contributed by atoms with Crippen molar-refractivity contribution in [3.05, 3.63) is 36.0 Å². The second kappa shape index (κ2) is 7.57. The molecule has 0 radical (unpaired) electrons. The maximum Gasteiger partial charge on any atom is 0.408 e. The zero-order valence-corrected chi connectivity index (χ0v) is 15.3. The van der Waals surface area contributed by atoms with Gasteiger partial charge >= 0.3 is 6.09 Å². The molecule has 1 aromatic carbocycles. The van der Waals surface area contributed by atoms with E-state index in [9.17, 15) is 9.59 Å². The summed E-state index contributed by atoms with van der Waals surface area (Å²) in [4.78, 5) is 32.8. The highest BCUT2D eigenvalue weighted by molar-refractivity contribution is 5.87. The van der Waals surface area contributed by atoms with Gasteiger partial charge in [-0.3, -0.25) is 9.63 Å². The number of hydrogen-bond donors (Lipinski definition) is 2. The number of likely N-dealkylation sites (N-methyl/N-ethyl adjacent to an activating group) is 1. The van der Waals surface area contributed by atoms with Gasteiger partial charge in [-0.2, -0.15) is 0 Å². The molecule has 7 nitrogen and oxygen atoms in total. The third kappa shape index (κ3) is 4.96. The molecule has 2 rings (SSSR count). The minimum atomic E-state index is -0.806. The summed E-state index contributed by atoms with van der Waals surface area (Å²) in [7, 11) is 2.90. The van der Waals surface area contributed by atoms with Gasteiger partial charge in [0.05, 0.1) is 7.11 Å². The van der Waals surface area contributed by atoms with Crippen molar-refractivity contribution in [2.24, 2.45) is 0 Å². The third-order valence-electron chi connectivity index (χ3n) is 3.67. The lowest BCUT2D eigenvalue weighted by atomic mass is 10.0. The Morgan fingerprint density at radius 3 is 2.60 bits per heavy atom. The van der Waals surface area contributed by atoms with E-state index in [0.29, 0.717) is 6.42 Å². The Balaban J connectivity index is 2.22. The number of rotatable bonds is 5. The predicted octanol–water partition coefficient (Wildman–Crippen LogP) is 2.62. The minimum Gasteiger partial charge on any atom is -0.444 e. The number of fused-ring (bicyclic) bond motifs is 1. The van der Waals surface area contributed by atoms with Crippen molar-refractivity contribution in [1.82, 2.24) is 15.4 Å². The second-order valence-corrected chi connectivity index (χ2v) is 6.78. The highest BCUT2D eigenvalue weighted by Crippen LogP contribution is 2.20. The number of carbonyl (C=O) groups excluding carboxylic acids is 2. The molecular formula is C18H25N3O4. The first-order chi connectivity index (χ1) is 11.7. The highest BCUT2D eigenvalue weighted by atomic mass is 16.7. The van der Waals surface area contributed by atoms with Crippen molar-refractivity contribution in [3.63, 3.8) is 0 Å². The van der Waals surface area contributed by atoms with E-state index in [1.807, 2.05) is 30.5 Å². The number of ether oxygens (including phenoxy) is 1. The fourth-order valence-corrected chi connectivity index (χ4v) is 2.48. The van der Waals surface area contributed by atoms with Crippen LogP contribution >= 0.6 is 0 Å². The molecule has 0 saturated heterocycles. The van der Waals surface area contributed by atoms with Crippen LogP contribution in [0.2, 0.25) is 0 Å². The maximum absolute atomic E-state index is 12.6. The van der Waals surface area contributed by atoms with Gasteiger partial charge in [0.1, 0.15) is 11.6 Å².